The highest BCUT2D eigenvalue weighted by atomic mass is 32.2. The summed E-state index contributed by atoms with van der Waals surface area (Å²) in [5.41, 5.74) is 1.39. The molecule has 4 rings (SSSR count). The first kappa shape index (κ1) is 22.3. The van der Waals surface area contributed by atoms with Gasteiger partial charge in [0.15, 0.2) is 0 Å². The predicted molar refractivity (Wildman–Crippen MR) is 118 cm³/mol. The Bertz CT molecular complexity index is 1040. The molecule has 11 heteroatoms. The number of carbonyl (C=O) groups is 1. The van der Waals surface area contributed by atoms with Gasteiger partial charge in [0, 0.05) is 57.9 Å². The van der Waals surface area contributed by atoms with Crippen molar-refractivity contribution in [3.8, 4) is 10.6 Å². The molecule has 0 unspecified atom stereocenters. The highest BCUT2D eigenvalue weighted by Crippen LogP contribution is 2.29. The van der Waals surface area contributed by atoms with Gasteiger partial charge in [-0.1, -0.05) is 0 Å². The Labute approximate surface area is 186 Å². The Kier molecular flexibility index (Phi) is 6.40. The molecule has 0 spiro atoms. The van der Waals surface area contributed by atoms with Crippen LogP contribution in [0.2, 0.25) is 0 Å². The number of thiazole rings is 1. The molecule has 2 saturated heterocycles. The van der Waals surface area contributed by atoms with Crippen LogP contribution in [-0.2, 0) is 10.2 Å². The minimum absolute atomic E-state index is 0.139. The number of hydrogen-bond acceptors (Lipinski definition) is 6. The molecule has 8 nitrogen and oxygen atoms in total. The minimum Gasteiger partial charge on any atom is -0.335 e. The molecule has 1 aromatic carbocycles. The van der Waals surface area contributed by atoms with Gasteiger partial charge in [-0.05, 0) is 38.2 Å². The lowest BCUT2D eigenvalue weighted by atomic mass is 10.2. The van der Waals surface area contributed by atoms with Gasteiger partial charge in [-0.3, -0.25) is 4.79 Å². The number of rotatable bonds is 4. The molecule has 3 heterocycles. The Morgan fingerprint density at radius 3 is 2.10 bits per heavy atom. The van der Waals surface area contributed by atoms with E-state index in [0.717, 1.165) is 18.7 Å². The number of nitrogens with zero attached hydrogens (tertiary/aromatic N) is 5. The van der Waals surface area contributed by atoms with Crippen LogP contribution in [0.3, 0.4) is 0 Å². The number of piperazine rings is 2. The largest absolute Gasteiger partial charge is 0.335 e. The first-order valence-electron chi connectivity index (χ1n) is 10.2. The highest BCUT2D eigenvalue weighted by Gasteiger charge is 2.35. The monoisotopic (exact) mass is 467 g/mol. The van der Waals surface area contributed by atoms with Crippen LogP contribution in [0.5, 0.6) is 0 Å². The summed E-state index contributed by atoms with van der Waals surface area (Å²) in [5.74, 6) is -0.460. The zero-order valence-corrected chi connectivity index (χ0v) is 19.3. The number of likely N-dealkylation sites (N-methyl/N-ethyl adjacent to an activating group) is 1. The van der Waals surface area contributed by atoms with Gasteiger partial charge in [0.2, 0.25) is 0 Å². The molecule has 168 valence electrons. The number of aryl methyl sites for hydroxylation is 1. The molecule has 2 aromatic rings. The summed E-state index contributed by atoms with van der Waals surface area (Å²) in [7, 11) is -1.52. The summed E-state index contributed by atoms with van der Waals surface area (Å²) in [6.45, 7) is 5.45. The van der Waals surface area contributed by atoms with Crippen molar-refractivity contribution in [2.24, 2.45) is 0 Å². The van der Waals surface area contributed by atoms with Crippen LogP contribution in [0.15, 0.2) is 24.3 Å². The summed E-state index contributed by atoms with van der Waals surface area (Å²) in [6.07, 6.45) is 0. The first-order valence-corrected chi connectivity index (χ1v) is 12.4. The molecule has 0 saturated carbocycles. The van der Waals surface area contributed by atoms with Crippen LogP contribution in [0.25, 0.3) is 10.6 Å². The van der Waals surface area contributed by atoms with E-state index in [-0.39, 0.29) is 24.8 Å². The van der Waals surface area contributed by atoms with E-state index < -0.39 is 10.2 Å². The van der Waals surface area contributed by atoms with E-state index in [1.807, 2.05) is 7.05 Å². The fraction of sp³-hybridized carbons (Fsp3) is 0.500. The standard InChI is InChI=1S/C20H26FN5O3S2/c1-15-18(30-19(22-15)16-3-5-17(21)6-4-16)20(27)24-9-13-26(14-10-24)31(28,29)25-11-7-23(2)8-12-25/h3-6H,7-14H2,1-2H3. The Hall–Kier alpha value is -1.92. The fourth-order valence-electron chi connectivity index (χ4n) is 3.76. The van der Waals surface area contributed by atoms with Crippen LogP contribution in [-0.4, -0.2) is 97.1 Å². The Morgan fingerprint density at radius 1 is 0.968 bits per heavy atom. The third-order valence-electron chi connectivity index (χ3n) is 5.72. The maximum Gasteiger partial charge on any atom is 0.282 e. The summed E-state index contributed by atoms with van der Waals surface area (Å²) < 4.78 is 42.0. The van der Waals surface area contributed by atoms with Crippen molar-refractivity contribution >= 4 is 27.5 Å². The van der Waals surface area contributed by atoms with Gasteiger partial charge >= 0.3 is 0 Å². The zero-order chi connectivity index (χ0) is 22.2. The minimum atomic E-state index is -3.50. The topological polar surface area (TPSA) is 77.1 Å². The lowest BCUT2D eigenvalue weighted by Gasteiger charge is -2.39. The van der Waals surface area contributed by atoms with Crippen molar-refractivity contribution in [2.75, 3.05) is 59.4 Å². The smallest absolute Gasteiger partial charge is 0.282 e. The summed E-state index contributed by atoms with van der Waals surface area (Å²) >= 11 is 1.28. The lowest BCUT2D eigenvalue weighted by molar-refractivity contribution is 0.0696. The van der Waals surface area contributed by atoms with Gasteiger partial charge < -0.3 is 9.80 Å². The van der Waals surface area contributed by atoms with Gasteiger partial charge in [0.05, 0.1) is 5.69 Å². The average Bonchev–Trinajstić information content (AvgIpc) is 3.15. The number of benzene rings is 1. The lowest BCUT2D eigenvalue weighted by Crippen LogP contribution is -2.57. The summed E-state index contributed by atoms with van der Waals surface area (Å²) in [4.78, 5) is 21.9. The molecular formula is C20H26FN5O3S2. The number of hydrogen-bond donors (Lipinski definition) is 0. The number of carbonyl (C=O) groups excluding carboxylic acids is 1. The maximum atomic E-state index is 13.2. The van der Waals surface area contributed by atoms with E-state index in [2.05, 4.69) is 9.88 Å². The zero-order valence-electron chi connectivity index (χ0n) is 17.6. The molecular weight excluding hydrogens is 441 g/mol. The number of amides is 1. The van der Waals surface area contributed by atoms with E-state index in [1.165, 1.54) is 32.1 Å². The molecule has 31 heavy (non-hydrogen) atoms. The molecule has 0 bridgehead atoms. The van der Waals surface area contributed by atoms with Gasteiger partial charge in [-0.25, -0.2) is 9.37 Å². The van der Waals surface area contributed by atoms with Crippen LogP contribution in [0.4, 0.5) is 4.39 Å². The van der Waals surface area contributed by atoms with Gasteiger partial charge in [0.25, 0.3) is 16.1 Å². The summed E-state index contributed by atoms with van der Waals surface area (Å²) in [5, 5.41) is 0.664. The van der Waals surface area contributed by atoms with Crippen LogP contribution in [0.1, 0.15) is 15.4 Å². The Balaban J connectivity index is 1.41. The molecule has 1 aromatic heterocycles. The van der Waals surface area contributed by atoms with Crippen molar-refractivity contribution in [1.82, 2.24) is 23.4 Å². The Morgan fingerprint density at radius 2 is 1.52 bits per heavy atom. The van der Waals surface area contributed by atoms with E-state index in [4.69, 9.17) is 0 Å². The molecule has 0 N–H and O–H groups in total. The third-order valence-corrected chi connectivity index (χ3v) is 8.95. The van der Waals surface area contributed by atoms with Crippen LogP contribution >= 0.6 is 11.3 Å². The normalized spacial score (nSPS) is 19.6. The quantitative estimate of drug-likeness (QED) is 0.681. The van der Waals surface area contributed by atoms with Crippen molar-refractivity contribution in [3.63, 3.8) is 0 Å². The van der Waals surface area contributed by atoms with Gasteiger partial charge in [-0.2, -0.15) is 17.0 Å². The second kappa shape index (κ2) is 8.91. The molecule has 0 aliphatic carbocycles. The van der Waals surface area contributed by atoms with Crippen LogP contribution < -0.4 is 0 Å². The van der Waals surface area contributed by atoms with Crippen molar-refractivity contribution in [2.45, 2.75) is 6.92 Å². The van der Waals surface area contributed by atoms with Crippen molar-refractivity contribution in [1.29, 1.82) is 0 Å². The van der Waals surface area contributed by atoms with Crippen molar-refractivity contribution in [3.05, 3.63) is 40.7 Å². The van der Waals surface area contributed by atoms with Crippen molar-refractivity contribution < 1.29 is 17.6 Å². The predicted octanol–water partition coefficient (Wildman–Crippen LogP) is 1.51. The highest BCUT2D eigenvalue weighted by molar-refractivity contribution is 7.86. The third kappa shape index (κ3) is 4.65. The van der Waals surface area contributed by atoms with E-state index in [9.17, 15) is 17.6 Å². The molecule has 0 radical (unpaired) electrons. The van der Waals surface area contributed by atoms with E-state index >= 15 is 0 Å². The maximum absolute atomic E-state index is 13.2. The fourth-order valence-corrected chi connectivity index (χ4v) is 6.37. The molecule has 2 aliphatic heterocycles. The van der Waals surface area contributed by atoms with E-state index in [1.54, 1.807) is 24.0 Å². The van der Waals surface area contributed by atoms with Crippen LogP contribution in [0, 0.1) is 12.7 Å². The van der Waals surface area contributed by atoms with Gasteiger partial charge in [-0.15, -0.1) is 11.3 Å². The second-order valence-electron chi connectivity index (χ2n) is 7.84. The summed E-state index contributed by atoms with van der Waals surface area (Å²) in [6, 6.07) is 6.02. The van der Waals surface area contributed by atoms with Gasteiger partial charge in [0.1, 0.15) is 15.7 Å². The second-order valence-corrected chi connectivity index (χ2v) is 10.8. The number of aromatic nitrogens is 1. The molecule has 2 fully saturated rings. The average molecular weight is 468 g/mol. The first-order chi connectivity index (χ1) is 14.8. The molecule has 2 aliphatic rings. The molecule has 0 atom stereocenters. The number of halogens is 1. The van der Waals surface area contributed by atoms with E-state index in [0.29, 0.717) is 41.8 Å². The SMILES string of the molecule is Cc1nc(-c2ccc(F)cc2)sc1C(=O)N1CCN(S(=O)(=O)N2CCN(C)CC2)CC1. The molecule has 1 amide bonds.